The summed E-state index contributed by atoms with van der Waals surface area (Å²) in [5, 5.41) is 8.07. The molecule has 2 aliphatic heterocycles. The lowest BCUT2D eigenvalue weighted by Crippen LogP contribution is -2.25. The molecule has 0 unspecified atom stereocenters. The first-order valence-electron chi connectivity index (χ1n) is 6.19. The van der Waals surface area contributed by atoms with Crippen LogP contribution in [0, 0.1) is 0 Å². The van der Waals surface area contributed by atoms with Gasteiger partial charge in [-0.25, -0.2) is 0 Å². The second kappa shape index (κ2) is 5.05. The normalized spacial score (nSPS) is 19.7. The molecule has 0 bridgehead atoms. The molecule has 1 amide bonds. The Morgan fingerprint density at radius 3 is 3.11 bits per heavy atom. The second-order valence-electron chi connectivity index (χ2n) is 4.34. The zero-order chi connectivity index (χ0) is 13.2. The lowest BCUT2D eigenvalue weighted by molar-refractivity contribution is -0.115. The number of carbonyl (C=O) groups excluding carboxylic acids is 1. The van der Waals surface area contributed by atoms with E-state index in [1.54, 1.807) is 11.8 Å². The molecule has 6 heteroatoms. The molecule has 1 aromatic rings. The van der Waals surface area contributed by atoms with Gasteiger partial charge in [0.2, 0.25) is 5.91 Å². The maximum Gasteiger partial charge on any atom is 0.228 e. The van der Waals surface area contributed by atoms with E-state index in [0.29, 0.717) is 6.42 Å². The van der Waals surface area contributed by atoms with Gasteiger partial charge in [-0.3, -0.25) is 15.2 Å². The number of benzene rings is 1. The zero-order valence-corrected chi connectivity index (χ0v) is 11.4. The van der Waals surface area contributed by atoms with Crippen molar-refractivity contribution in [3.05, 3.63) is 29.3 Å². The first-order valence-corrected chi connectivity index (χ1v) is 7.18. The number of carbonyl (C=O) groups is 1. The van der Waals surface area contributed by atoms with E-state index in [4.69, 9.17) is 0 Å². The number of aliphatic imine (C=N–C) groups is 1. The van der Waals surface area contributed by atoms with Crippen molar-refractivity contribution >= 4 is 34.2 Å². The molecule has 0 aromatic heterocycles. The SMILES string of the molecule is CCN=C1NN=C(c2ccc3c(c2)NC(=O)C3)CS1. The van der Waals surface area contributed by atoms with Gasteiger partial charge in [0, 0.05) is 23.5 Å². The Balaban J connectivity index is 1.83. The predicted octanol–water partition coefficient (Wildman–Crippen LogP) is 1.60. The Bertz CT molecular complexity index is 594. The van der Waals surface area contributed by atoms with Gasteiger partial charge in [0.1, 0.15) is 0 Å². The molecule has 0 spiro atoms. The fourth-order valence-electron chi connectivity index (χ4n) is 2.08. The molecule has 1 aromatic carbocycles. The fourth-order valence-corrected chi connectivity index (χ4v) is 2.92. The van der Waals surface area contributed by atoms with Crippen molar-refractivity contribution in [3.8, 4) is 0 Å². The van der Waals surface area contributed by atoms with E-state index in [9.17, 15) is 4.79 Å². The van der Waals surface area contributed by atoms with Crippen LogP contribution in [0.4, 0.5) is 5.69 Å². The Morgan fingerprint density at radius 1 is 1.47 bits per heavy atom. The van der Waals surface area contributed by atoms with Crippen molar-refractivity contribution in [3.63, 3.8) is 0 Å². The van der Waals surface area contributed by atoms with Crippen LogP contribution in [0.15, 0.2) is 28.3 Å². The van der Waals surface area contributed by atoms with Gasteiger partial charge in [-0.15, -0.1) is 0 Å². The highest BCUT2D eigenvalue weighted by molar-refractivity contribution is 8.14. The van der Waals surface area contributed by atoms with Crippen molar-refractivity contribution in [1.82, 2.24) is 5.43 Å². The lowest BCUT2D eigenvalue weighted by Gasteiger charge is -2.15. The minimum Gasteiger partial charge on any atom is -0.326 e. The minimum absolute atomic E-state index is 0.0580. The zero-order valence-electron chi connectivity index (χ0n) is 10.6. The van der Waals surface area contributed by atoms with Gasteiger partial charge in [-0.1, -0.05) is 23.9 Å². The molecule has 0 fully saturated rings. The summed E-state index contributed by atoms with van der Waals surface area (Å²) in [6.07, 6.45) is 0.475. The summed E-state index contributed by atoms with van der Waals surface area (Å²) in [6.45, 7) is 2.75. The van der Waals surface area contributed by atoms with Crippen LogP contribution in [0.3, 0.4) is 0 Å². The second-order valence-corrected chi connectivity index (χ2v) is 5.30. The highest BCUT2D eigenvalue weighted by atomic mass is 32.2. The third-order valence-electron chi connectivity index (χ3n) is 3.00. The third kappa shape index (κ3) is 2.49. The summed E-state index contributed by atoms with van der Waals surface area (Å²) in [4.78, 5) is 15.6. The van der Waals surface area contributed by atoms with E-state index >= 15 is 0 Å². The molecule has 2 heterocycles. The molecule has 0 saturated heterocycles. The van der Waals surface area contributed by atoms with Gasteiger partial charge in [0.15, 0.2) is 5.17 Å². The molecule has 2 aliphatic rings. The summed E-state index contributed by atoms with van der Waals surface area (Å²) in [5.74, 6) is 0.848. The summed E-state index contributed by atoms with van der Waals surface area (Å²) in [6, 6.07) is 6.00. The Morgan fingerprint density at radius 2 is 2.37 bits per heavy atom. The van der Waals surface area contributed by atoms with E-state index in [0.717, 1.165) is 40.0 Å². The van der Waals surface area contributed by atoms with E-state index in [-0.39, 0.29) is 5.91 Å². The number of fused-ring (bicyclic) bond motifs is 1. The molecule has 2 N–H and O–H groups in total. The van der Waals surface area contributed by atoms with Crippen LogP contribution in [0.5, 0.6) is 0 Å². The van der Waals surface area contributed by atoms with Crippen LogP contribution in [-0.2, 0) is 11.2 Å². The van der Waals surface area contributed by atoms with Crippen molar-refractivity contribution in [2.24, 2.45) is 10.1 Å². The largest absolute Gasteiger partial charge is 0.326 e. The molecule has 3 rings (SSSR count). The number of anilines is 1. The van der Waals surface area contributed by atoms with Crippen LogP contribution in [0.1, 0.15) is 18.1 Å². The lowest BCUT2D eigenvalue weighted by atomic mass is 10.1. The minimum atomic E-state index is 0.0580. The molecule has 0 atom stereocenters. The van der Waals surface area contributed by atoms with Gasteiger partial charge in [0.05, 0.1) is 12.1 Å². The molecular formula is C13H14N4OS. The van der Waals surface area contributed by atoms with Crippen LogP contribution in [0.25, 0.3) is 0 Å². The summed E-state index contributed by atoms with van der Waals surface area (Å²) >= 11 is 1.65. The maximum absolute atomic E-state index is 11.3. The van der Waals surface area contributed by atoms with Crippen molar-refractivity contribution in [2.75, 3.05) is 17.6 Å². The van der Waals surface area contributed by atoms with E-state index in [1.807, 2.05) is 25.1 Å². The highest BCUT2D eigenvalue weighted by Crippen LogP contribution is 2.25. The standard InChI is InChI=1S/C13H14N4OS/c1-2-14-13-17-16-11(7-19-13)8-3-4-9-6-12(18)15-10(9)5-8/h3-5H,2,6-7H2,1H3,(H,14,17)(H,15,18). The van der Waals surface area contributed by atoms with Crippen molar-refractivity contribution in [1.29, 1.82) is 0 Å². The van der Waals surface area contributed by atoms with Crippen LogP contribution < -0.4 is 10.7 Å². The Labute approximate surface area is 115 Å². The molecular weight excluding hydrogens is 260 g/mol. The third-order valence-corrected chi connectivity index (χ3v) is 3.91. The summed E-state index contributed by atoms with van der Waals surface area (Å²) < 4.78 is 0. The number of nitrogens with one attached hydrogen (secondary N) is 2. The van der Waals surface area contributed by atoms with Crippen LogP contribution in [-0.4, -0.2) is 29.1 Å². The summed E-state index contributed by atoms with van der Waals surface area (Å²) in [5.41, 5.74) is 6.93. The predicted molar refractivity (Wildman–Crippen MR) is 78.9 cm³/mol. The van der Waals surface area contributed by atoms with Crippen LogP contribution >= 0.6 is 11.8 Å². The maximum atomic E-state index is 11.3. The highest BCUT2D eigenvalue weighted by Gasteiger charge is 2.19. The quantitative estimate of drug-likeness (QED) is 0.861. The number of nitrogens with zero attached hydrogens (tertiary/aromatic N) is 2. The molecule has 0 aliphatic carbocycles. The van der Waals surface area contributed by atoms with E-state index in [2.05, 4.69) is 20.8 Å². The number of hydrogen-bond donors (Lipinski definition) is 2. The van der Waals surface area contributed by atoms with E-state index in [1.165, 1.54) is 0 Å². The fraction of sp³-hybridized carbons (Fsp3) is 0.308. The van der Waals surface area contributed by atoms with Crippen molar-refractivity contribution < 1.29 is 4.79 Å². The first-order chi connectivity index (χ1) is 9.26. The Kier molecular flexibility index (Phi) is 3.25. The Hall–Kier alpha value is -1.82. The number of rotatable bonds is 2. The van der Waals surface area contributed by atoms with Crippen LogP contribution in [0.2, 0.25) is 0 Å². The number of amidine groups is 1. The molecule has 5 nitrogen and oxygen atoms in total. The van der Waals surface area contributed by atoms with Gasteiger partial charge < -0.3 is 5.32 Å². The van der Waals surface area contributed by atoms with Gasteiger partial charge in [-0.2, -0.15) is 5.10 Å². The molecule has 19 heavy (non-hydrogen) atoms. The molecule has 0 saturated carbocycles. The average molecular weight is 274 g/mol. The molecule has 0 radical (unpaired) electrons. The van der Waals surface area contributed by atoms with Gasteiger partial charge >= 0.3 is 0 Å². The van der Waals surface area contributed by atoms with Gasteiger partial charge in [-0.05, 0) is 18.6 Å². The van der Waals surface area contributed by atoms with E-state index < -0.39 is 0 Å². The first kappa shape index (κ1) is 12.2. The van der Waals surface area contributed by atoms with Gasteiger partial charge in [0.25, 0.3) is 0 Å². The smallest absolute Gasteiger partial charge is 0.228 e. The number of thioether (sulfide) groups is 1. The number of amides is 1. The molecule has 98 valence electrons. The number of hydrogen-bond acceptors (Lipinski definition) is 4. The average Bonchev–Trinajstić information content (AvgIpc) is 2.79. The number of hydrazone groups is 1. The van der Waals surface area contributed by atoms with Crippen molar-refractivity contribution in [2.45, 2.75) is 13.3 Å². The monoisotopic (exact) mass is 274 g/mol. The topological polar surface area (TPSA) is 65.8 Å². The summed E-state index contributed by atoms with van der Waals surface area (Å²) in [7, 11) is 0.